The van der Waals surface area contributed by atoms with Crippen LogP contribution in [-0.4, -0.2) is 38.5 Å². The first-order chi connectivity index (χ1) is 11.6. The van der Waals surface area contributed by atoms with E-state index in [2.05, 4.69) is 14.9 Å². The van der Waals surface area contributed by atoms with Gasteiger partial charge in [-0.05, 0) is 12.1 Å². The summed E-state index contributed by atoms with van der Waals surface area (Å²) in [6, 6.07) is 10.1. The Morgan fingerprint density at radius 2 is 2.04 bits per heavy atom. The normalized spacial score (nSPS) is 10.7. The van der Waals surface area contributed by atoms with Gasteiger partial charge in [-0.2, -0.15) is 0 Å². The summed E-state index contributed by atoms with van der Waals surface area (Å²) in [5.41, 5.74) is 0.736. The van der Waals surface area contributed by atoms with Gasteiger partial charge >= 0.3 is 5.97 Å². The first-order valence-electron chi connectivity index (χ1n) is 6.88. The second-order valence-electron chi connectivity index (χ2n) is 4.75. The second kappa shape index (κ2) is 6.67. The van der Waals surface area contributed by atoms with Crippen LogP contribution in [0.4, 0.5) is 5.69 Å². The molecule has 3 aromatic rings. The van der Waals surface area contributed by atoms with Crippen LogP contribution in [0, 0.1) is 10.1 Å². The quantitative estimate of drug-likeness (QED) is 0.303. The molecule has 9 heteroatoms. The van der Waals surface area contributed by atoms with Crippen molar-refractivity contribution in [2.75, 3.05) is 12.9 Å². The van der Waals surface area contributed by atoms with Gasteiger partial charge < -0.3 is 4.74 Å². The molecule has 3 rings (SSSR count). The zero-order valence-corrected chi connectivity index (χ0v) is 13.4. The third kappa shape index (κ3) is 2.93. The molecular weight excluding hydrogens is 332 g/mol. The van der Waals surface area contributed by atoms with Crippen LogP contribution in [0.5, 0.6) is 0 Å². The number of hydrogen-bond donors (Lipinski definition) is 0. The number of ether oxygens (including phenoxy) is 1. The van der Waals surface area contributed by atoms with Crippen LogP contribution >= 0.6 is 11.8 Å². The maximum atomic E-state index is 11.3. The standard InChI is InChI=1S/C15H12N4O4S/c1-23-14(20)8-24-15-17-16-9-18(15)12-6-7-13(19(21)22)11-5-3-2-4-10(11)12/h2-7,9H,8H2,1H3. The van der Waals surface area contributed by atoms with E-state index in [-0.39, 0.29) is 17.4 Å². The molecular formula is C15H12N4O4S. The molecule has 0 unspecified atom stereocenters. The van der Waals surface area contributed by atoms with Crippen LogP contribution in [-0.2, 0) is 9.53 Å². The van der Waals surface area contributed by atoms with E-state index in [4.69, 9.17) is 0 Å². The van der Waals surface area contributed by atoms with Crippen molar-refractivity contribution in [2.24, 2.45) is 0 Å². The summed E-state index contributed by atoms with van der Waals surface area (Å²) >= 11 is 1.18. The molecule has 1 heterocycles. The van der Waals surface area contributed by atoms with E-state index in [1.54, 1.807) is 34.9 Å². The summed E-state index contributed by atoms with van der Waals surface area (Å²) in [4.78, 5) is 22.1. The van der Waals surface area contributed by atoms with Crippen molar-refractivity contribution in [2.45, 2.75) is 5.16 Å². The van der Waals surface area contributed by atoms with Crippen molar-refractivity contribution in [3.63, 3.8) is 0 Å². The zero-order valence-electron chi connectivity index (χ0n) is 12.6. The van der Waals surface area contributed by atoms with E-state index < -0.39 is 4.92 Å². The van der Waals surface area contributed by atoms with Crippen molar-refractivity contribution in [1.29, 1.82) is 0 Å². The number of carbonyl (C=O) groups excluding carboxylic acids is 1. The molecule has 0 aliphatic carbocycles. The van der Waals surface area contributed by atoms with Gasteiger partial charge in [0.15, 0.2) is 5.16 Å². The molecule has 122 valence electrons. The minimum Gasteiger partial charge on any atom is -0.468 e. The second-order valence-corrected chi connectivity index (χ2v) is 5.70. The number of fused-ring (bicyclic) bond motifs is 1. The van der Waals surface area contributed by atoms with Gasteiger partial charge in [0, 0.05) is 11.5 Å². The van der Waals surface area contributed by atoms with Crippen molar-refractivity contribution in [1.82, 2.24) is 14.8 Å². The monoisotopic (exact) mass is 344 g/mol. The molecule has 0 radical (unpaired) electrons. The lowest BCUT2D eigenvalue weighted by atomic mass is 10.1. The lowest BCUT2D eigenvalue weighted by Gasteiger charge is -2.10. The molecule has 24 heavy (non-hydrogen) atoms. The first-order valence-corrected chi connectivity index (χ1v) is 7.86. The van der Waals surface area contributed by atoms with Gasteiger partial charge in [0.05, 0.1) is 28.9 Å². The largest absolute Gasteiger partial charge is 0.468 e. The smallest absolute Gasteiger partial charge is 0.316 e. The Balaban J connectivity index is 2.08. The fraction of sp³-hybridized carbons (Fsp3) is 0.133. The predicted molar refractivity (Wildman–Crippen MR) is 88.3 cm³/mol. The van der Waals surface area contributed by atoms with E-state index in [1.165, 1.54) is 31.3 Å². The van der Waals surface area contributed by atoms with Crippen molar-refractivity contribution < 1.29 is 14.5 Å². The summed E-state index contributed by atoms with van der Waals surface area (Å²) in [6.07, 6.45) is 1.51. The van der Waals surface area contributed by atoms with Gasteiger partial charge in [-0.3, -0.25) is 19.5 Å². The molecule has 0 saturated carbocycles. The van der Waals surface area contributed by atoms with Crippen LogP contribution in [0.25, 0.3) is 16.5 Å². The van der Waals surface area contributed by atoms with E-state index in [1.807, 2.05) is 0 Å². The van der Waals surface area contributed by atoms with Gasteiger partial charge in [-0.1, -0.05) is 30.0 Å². The highest BCUT2D eigenvalue weighted by Crippen LogP contribution is 2.32. The maximum absolute atomic E-state index is 11.3. The Morgan fingerprint density at radius 3 is 2.75 bits per heavy atom. The lowest BCUT2D eigenvalue weighted by Crippen LogP contribution is -2.05. The number of esters is 1. The fourth-order valence-electron chi connectivity index (χ4n) is 2.31. The van der Waals surface area contributed by atoms with Crippen LogP contribution in [0.15, 0.2) is 47.9 Å². The Labute approximate surface area is 140 Å². The van der Waals surface area contributed by atoms with Gasteiger partial charge in [0.2, 0.25) is 0 Å². The SMILES string of the molecule is COC(=O)CSc1nncn1-c1ccc([N+](=O)[O-])c2ccccc12. The van der Waals surface area contributed by atoms with Gasteiger partial charge in [0.25, 0.3) is 5.69 Å². The molecule has 0 fully saturated rings. The Hall–Kier alpha value is -2.94. The van der Waals surface area contributed by atoms with Crippen molar-refractivity contribution in [3.05, 3.63) is 52.8 Å². The van der Waals surface area contributed by atoms with E-state index in [0.29, 0.717) is 21.6 Å². The highest BCUT2D eigenvalue weighted by Gasteiger charge is 2.17. The molecule has 8 nitrogen and oxygen atoms in total. The minimum absolute atomic E-state index is 0.0335. The molecule has 0 aliphatic rings. The number of aromatic nitrogens is 3. The Morgan fingerprint density at radius 1 is 1.29 bits per heavy atom. The number of methoxy groups -OCH3 is 1. The number of thioether (sulfide) groups is 1. The van der Waals surface area contributed by atoms with E-state index >= 15 is 0 Å². The topological polar surface area (TPSA) is 100 Å². The molecule has 1 aromatic heterocycles. The van der Waals surface area contributed by atoms with Crippen LogP contribution in [0.2, 0.25) is 0 Å². The highest BCUT2D eigenvalue weighted by atomic mass is 32.2. The van der Waals surface area contributed by atoms with Crippen LogP contribution < -0.4 is 0 Å². The van der Waals surface area contributed by atoms with E-state index in [0.717, 1.165) is 0 Å². The van der Waals surface area contributed by atoms with Gasteiger partial charge in [-0.15, -0.1) is 10.2 Å². The first kappa shape index (κ1) is 15.9. The summed E-state index contributed by atoms with van der Waals surface area (Å²) in [7, 11) is 1.32. The van der Waals surface area contributed by atoms with Crippen molar-refractivity contribution in [3.8, 4) is 5.69 Å². The number of benzene rings is 2. The van der Waals surface area contributed by atoms with Crippen LogP contribution in [0.1, 0.15) is 0 Å². The highest BCUT2D eigenvalue weighted by molar-refractivity contribution is 7.99. The number of nitrogens with zero attached hydrogens (tertiary/aromatic N) is 4. The number of non-ortho nitro benzene ring substituents is 1. The fourth-order valence-corrected chi connectivity index (χ4v) is 3.06. The zero-order chi connectivity index (χ0) is 17.1. The summed E-state index contributed by atoms with van der Waals surface area (Å²) in [6.45, 7) is 0. The predicted octanol–water partition coefficient (Wildman–Crippen LogP) is 2.59. The molecule has 0 aliphatic heterocycles. The van der Waals surface area contributed by atoms with Gasteiger partial charge in [-0.25, -0.2) is 0 Å². The molecule has 2 aromatic carbocycles. The lowest BCUT2D eigenvalue weighted by molar-refractivity contribution is -0.383. The van der Waals surface area contributed by atoms with E-state index in [9.17, 15) is 14.9 Å². The number of nitro benzene ring substituents is 1. The summed E-state index contributed by atoms with van der Waals surface area (Å²) in [5, 5.41) is 20.8. The molecule has 0 spiro atoms. The Kier molecular flexibility index (Phi) is 4.43. The average Bonchev–Trinajstić information content (AvgIpc) is 3.06. The molecule has 0 atom stereocenters. The number of nitro groups is 1. The molecule has 0 saturated heterocycles. The average molecular weight is 344 g/mol. The summed E-state index contributed by atoms with van der Waals surface area (Å²) < 4.78 is 6.31. The van der Waals surface area contributed by atoms with Gasteiger partial charge in [0.1, 0.15) is 6.33 Å². The molecule has 0 bridgehead atoms. The summed E-state index contributed by atoms with van der Waals surface area (Å²) in [5.74, 6) is -0.275. The number of carbonyl (C=O) groups is 1. The molecule has 0 N–H and O–H groups in total. The van der Waals surface area contributed by atoms with Crippen molar-refractivity contribution >= 4 is 34.2 Å². The minimum atomic E-state index is -0.412. The van der Waals surface area contributed by atoms with Crippen LogP contribution in [0.3, 0.4) is 0 Å². The number of hydrogen-bond acceptors (Lipinski definition) is 7. The Bertz CT molecular complexity index is 925. The third-order valence-corrected chi connectivity index (χ3v) is 4.31. The third-order valence-electron chi connectivity index (χ3n) is 3.40. The molecule has 0 amide bonds. The number of rotatable bonds is 5. The maximum Gasteiger partial charge on any atom is 0.316 e.